The predicted molar refractivity (Wildman–Crippen MR) is 104 cm³/mol. The van der Waals surface area contributed by atoms with Crippen molar-refractivity contribution in [3.8, 4) is 17.5 Å². The van der Waals surface area contributed by atoms with E-state index in [-0.39, 0.29) is 16.3 Å². The summed E-state index contributed by atoms with van der Waals surface area (Å²) in [7, 11) is -2.46. The van der Waals surface area contributed by atoms with E-state index in [1.165, 1.54) is 23.9 Å². The Kier molecular flexibility index (Phi) is 5.31. The van der Waals surface area contributed by atoms with Crippen molar-refractivity contribution in [1.82, 2.24) is 14.5 Å². The number of hydrogen-bond donors (Lipinski definition) is 3. The van der Waals surface area contributed by atoms with Gasteiger partial charge in [-0.3, -0.25) is 9.89 Å². The molecular formula is C18H16N6O4S. The zero-order valence-electron chi connectivity index (χ0n) is 15.4. The van der Waals surface area contributed by atoms with Crippen LogP contribution in [-0.4, -0.2) is 30.4 Å². The first-order valence-electron chi connectivity index (χ1n) is 8.27. The molecular weight excluding hydrogens is 396 g/mol. The molecule has 0 unspecified atom stereocenters. The molecule has 11 heteroatoms. The molecule has 0 spiro atoms. The average molecular weight is 412 g/mol. The first kappa shape index (κ1) is 20.0. The van der Waals surface area contributed by atoms with E-state index in [2.05, 4.69) is 20.0 Å². The first-order chi connectivity index (χ1) is 13.8. The van der Waals surface area contributed by atoms with E-state index < -0.39 is 21.3 Å². The van der Waals surface area contributed by atoms with Gasteiger partial charge in [-0.2, -0.15) is 5.26 Å². The van der Waals surface area contributed by atoms with Crippen LogP contribution in [0.3, 0.4) is 0 Å². The smallest absolute Gasteiger partial charge is 0.299 e. The van der Waals surface area contributed by atoms with E-state index in [0.717, 1.165) is 6.07 Å². The van der Waals surface area contributed by atoms with Crippen molar-refractivity contribution in [2.45, 2.75) is 11.8 Å². The molecule has 1 aromatic heterocycles. The lowest BCUT2D eigenvalue weighted by Crippen LogP contribution is -2.18. The third-order valence-corrected chi connectivity index (χ3v) is 5.47. The van der Waals surface area contributed by atoms with Crippen molar-refractivity contribution in [3.05, 3.63) is 64.1 Å². The number of aryl methyl sites for hydroxylation is 1. The van der Waals surface area contributed by atoms with Gasteiger partial charge in [0.25, 0.3) is 5.56 Å². The van der Waals surface area contributed by atoms with Crippen LogP contribution >= 0.6 is 0 Å². The maximum absolute atomic E-state index is 12.7. The summed E-state index contributed by atoms with van der Waals surface area (Å²) in [4.78, 5) is 12.5. The second-order valence-electron chi connectivity index (χ2n) is 5.95. The molecule has 1 heterocycles. The van der Waals surface area contributed by atoms with E-state index >= 15 is 0 Å². The molecule has 3 rings (SSSR count). The predicted octanol–water partition coefficient (Wildman–Crippen LogP) is 2.37. The van der Waals surface area contributed by atoms with Gasteiger partial charge in [0.05, 0.1) is 27.9 Å². The summed E-state index contributed by atoms with van der Waals surface area (Å²) in [5, 5.41) is 29.7. The zero-order valence-corrected chi connectivity index (χ0v) is 16.2. The van der Waals surface area contributed by atoms with Gasteiger partial charge in [-0.15, -0.1) is 10.2 Å². The molecule has 10 nitrogen and oxygen atoms in total. The first-order valence-corrected chi connectivity index (χ1v) is 9.75. The Morgan fingerprint density at radius 1 is 1.21 bits per heavy atom. The van der Waals surface area contributed by atoms with Gasteiger partial charge >= 0.3 is 0 Å². The van der Waals surface area contributed by atoms with E-state index in [4.69, 9.17) is 5.26 Å². The van der Waals surface area contributed by atoms with Crippen LogP contribution in [0.25, 0.3) is 5.69 Å². The lowest BCUT2D eigenvalue weighted by Gasteiger charge is -2.04. The molecule has 0 bridgehead atoms. The number of nitrogens with zero attached hydrogens (tertiary/aromatic N) is 4. The molecule has 0 atom stereocenters. The van der Waals surface area contributed by atoms with Crippen molar-refractivity contribution in [2.75, 3.05) is 7.05 Å². The van der Waals surface area contributed by atoms with Crippen molar-refractivity contribution in [1.29, 1.82) is 5.26 Å². The molecule has 2 aromatic carbocycles. The van der Waals surface area contributed by atoms with Crippen LogP contribution in [-0.2, 0) is 10.0 Å². The van der Waals surface area contributed by atoms with Gasteiger partial charge in [-0.05, 0) is 44.3 Å². The van der Waals surface area contributed by atoms with Gasteiger partial charge in [0, 0.05) is 6.07 Å². The highest BCUT2D eigenvalue weighted by molar-refractivity contribution is 7.89. The SMILES string of the molecule is CNS(=O)(=O)c1ccc(N=Nc2c(C)[nH]n(-c3cccc(C#N)c3)c2=O)c(O)c1. The summed E-state index contributed by atoms with van der Waals surface area (Å²) < 4.78 is 26.9. The van der Waals surface area contributed by atoms with Crippen LogP contribution in [0.15, 0.2) is 62.4 Å². The fraction of sp³-hybridized carbons (Fsp3) is 0.111. The molecule has 0 aliphatic carbocycles. The number of hydrogen-bond acceptors (Lipinski definition) is 7. The molecule has 0 saturated carbocycles. The second kappa shape index (κ2) is 7.70. The normalized spacial score (nSPS) is 11.6. The minimum Gasteiger partial charge on any atom is -0.506 e. The highest BCUT2D eigenvalue weighted by atomic mass is 32.2. The van der Waals surface area contributed by atoms with Crippen LogP contribution in [0.5, 0.6) is 5.75 Å². The minimum absolute atomic E-state index is 0.00178. The van der Waals surface area contributed by atoms with Crippen LogP contribution in [0.4, 0.5) is 11.4 Å². The van der Waals surface area contributed by atoms with E-state index in [9.17, 15) is 18.3 Å². The molecule has 0 saturated heterocycles. The number of H-pyrrole nitrogens is 1. The number of aromatic nitrogens is 2. The van der Waals surface area contributed by atoms with Crippen molar-refractivity contribution in [2.24, 2.45) is 10.2 Å². The minimum atomic E-state index is -3.71. The number of aromatic amines is 1. The van der Waals surface area contributed by atoms with Crippen molar-refractivity contribution < 1.29 is 13.5 Å². The average Bonchev–Trinajstić information content (AvgIpc) is 3.00. The Labute approximate surface area is 165 Å². The molecule has 0 fully saturated rings. The molecule has 0 amide bonds. The number of phenolic OH excluding ortho intramolecular Hbond substituents is 1. The highest BCUT2D eigenvalue weighted by Gasteiger charge is 2.15. The van der Waals surface area contributed by atoms with Crippen molar-refractivity contribution >= 4 is 21.4 Å². The van der Waals surface area contributed by atoms with E-state index in [0.29, 0.717) is 16.9 Å². The number of sulfonamides is 1. The van der Waals surface area contributed by atoms with Crippen LogP contribution in [0.2, 0.25) is 0 Å². The largest absolute Gasteiger partial charge is 0.506 e. The Hall–Kier alpha value is -3.75. The molecule has 148 valence electrons. The monoisotopic (exact) mass is 412 g/mol. The van der Waals surface area contributed by atoms with E-state index in [1.54, 1.807) is 31.2 Å². The molecule has 0 aliphatic heterocycles. The van der Waals surface area contributed by atoms with Crippen LogP contribution in [0.1, 0.15) is 11.3 Å². The molecule has 3 N–H and O–H groups in total. The van der Waals surface area contributed by atoms with Crippen molar-refractivity contribution in [3.63, 3.8) is 0 Å². The summed E-state index contributed by atoms with van der Waals surface area (Å²) in [6, 6.07) is 12.0. The summed E-state index contributed by atoms with van der Waals surface area (Å²) >= 11 is 0. The maximum atomic E-state index is 12.7. The Morgan fingerprint density at radius 3 is 2.62 bits per heavy atom. The second-order valence-corrected chi connectivity index (χ2v) is 7.83. The standard InChI is InChI=1S/C18H16N6O4S/c1-11-17(18(26)24(23-11)13-5-3-4-12(8-13)10-19)22-21-15-7-6-14(9-16(15)25)29(27,28)20-2/h3-9,20,23,25H,1-2H3. The highest BCUT2D eigenvalue weighted by Crippen LogP contribution is 2.30. The number of benzene rings is 2. The fourth-order valence-corrected chi connectivity index (χ4v) is 3.28. The Balaban J connectivity index is 1.97. The number of nitriles is 1. The maximum Gasteiger partial charge on any atom is 0.299 e. The van der Waals surface area contributed by atoms with Crippen LogP contribution < -0.4 is 10.3 Å². The van der Waals surface area contributed by atoms with Gasteiger partial charge in [0.1, 0.15) is 11.4 Å². The summed E-state index contributed by atoms with van der Waals surface area (Å²) in [6.07, 6.45) is 0. The summed E-state index contributed by atoms with van der Waals surface area (Å²) in [5.41, 5.74) is 0.802. The third-order valence-electron chi connectivity index (χ3n) is 4.06. The number of phenols is 1. The van der Waals surface area contributed by atoms with E-state index in [1.807, 2.05) is 6.07 Å². The number of aromatic hydroxyl groups is 1. The van der Waals surface area contributed by atoms with Gasteiger partial charge in [0.15, 0.2) is 5.69 Å². The van der Waals surface area contributed by atoms with Gasteiger partial charge in [-0.25, -0.2) is 17.8 Å². The Morgan fingerprint density at radius 2 is 1.97 bits per heavy atom. The Bertz CT molecular complexity index is 1310. The number of azo groups is 1. The molecule has 29 heavy (non-hydrogen) atoms. The van der Waals surface area contributed by atoms with Gasteiger partial charge in [0.2, 0.25) is 10.0 Å². The third kappa shape index (κ3) is 3.93. The van der Waals surface area contributed by atoms with Gasteiger partial charge in [-0.1, -0.05) is 6.07 Å². The quantitative estimate of drug-likeness (QED) is 0.549. The number of nitrogens with one attached hydrogen (secondary N) is 2. The van der Waals surface area contributed by atoms with Gasteiger partial charge < -0.3 is 5.11 Å². The molecule has 0 radical (unpaired) electrons. The fourth-order valence-electron chi connectivity index (χ4n) is 2.53. The molecule has 3 aromatic rings. The van der Waals surface area contributed by atoms with Crippen LogP contribution in [0, 0.1) is 18.3 Å². The molecule has 0 aliphatic rings. The lowest BCUT2D eigenvalue weighted by atomic mass is 10.2. The lowest BCUT2D eigenvalue weighted by molar-refractivity contribution is 0.474. The summed E-state index contributed by atoms with van der Waals surface area (Å²) in [6.45, 7) is 1.63. The number of rotatable bonds is 5. The zero-order chi connectivity index (χ0) is 21.2. The topological polar surface area (TPSA) is 153 Å². The summed E-state index contributed by atoms with van der Waals surface area (Å²) in [5.74, 6) is -0.402.